The molecule has 2 rings (SSSR count). The van der Waals surface area contributed by atoms with E-state index in [9.17, 15) is 0 Å². The highest BCUT2D eigenvalue weighted by molar-refractivity contribution is 6.31. The van der Waals surface area contributed by atoms with Gasteiger partial charge in [-0.2, -0.15) is 0 Å². The third-order valence-corrected chi connectivity index (χ3v) is 2.88. The molecule has 0 unspecified atom stereocenters. The van der Waals surface area contributed by atoms with Gasteiger partial charge in [0, 0.05) is 29.0 Å². The standard InChI is InChI=1S/C13H13ClN2/c1-9-2-3-11(8-16-9)10-4-5-13(14)12(6-10)7-15/h2-6,8H,7,15H2,1H3. The minimum Gasteiger partial charge on any atom is -0.326 e. The smallest absolute Gasteiger partial charge is 0.0451 e. The zero-order valence-corrected chi connectivity index (χ0v) is 9.83. The van der Waals surface area contributed by atoms with Crippen molar-refractivity contribution in [1.29, 1.82) is 0 Å². The Hall–Kier alpha value is -1.38. The van der Waals surface area contributed by atoms with Gasteiger partial charge in [-0.25, -0.2) is 0 Å². The molecule has 2 N–H and O–H groups in total. The van der Waals surface area contributed by atoms with Gasteiger partial charge in [-0.05, 0) is 36.2 Å². The van der Waals surface area contributed by atoms with Gasteiger partial charge in [0.05, 0.1) is 0 Å². The van der Waals surface area contributed by atoms with Crippen molar-refractivity contribution in [2.45, 2.75) is 13.5 Å². The minimum atomic E-state index is 0.450. The molecular weight excluding hydrogens is 220 g/mol. The highest BCUT2D eigenvalue weighted by Crippen LogP contribution is 2.24. The summed E-state index contributed by atoms with van der Waals surface area (Å²) in [6.07, 6.45) is 1.86. The van der Waals surface area contributed by atoms with Crippen LogP contribution in [-0.4, -0.2) is 4.98 Å². The second kappa shape index (κ2) is 4.64. The third-order valence-electron chi connectivity index (χ3n) is 2.51. The fourth-order valence-corrected chi connectivity index (χ4v) is 1.74. The van der Waals surface area contributed by atoms with E-state index in [1.54, 1.807) is 0 Å². The molecule has 2 nitrogen and oxygen atoms in total. The van der Waals surface area contributed by atoms with E-state index in [4.69, 9.17) is 17.3 Å². The van der Waals surface area contributed by atoms with E-state index in [1.165, 1.54) is 0 Å². The first-order valence-electron chi connectivity index (χ1n) is 5.12. The predicted octanol–water partition coefficient (Wildman–Crippen LogP) is 3.17. The second-order valence-electron chi connectivity index (χ2n) is 3.70. The van der Waals surface area contributed by atoms with E-state index in [1.807, 2.05) is 43.5 Å². The van der Waals surface area contributed by atoms with E-state index < -0.39 is 0 Å². The average Bonchev–Trinajstić information content (AvgIpc) is 2.31. The Labute approximate surface area is 100 Å². The van der Waals surface area contributed by atoms with E-state index in [2.05, 4.69) is 4.98 Å². The van der Waals surface area contributed by atoms with Gasteiger partial charge in [0.25, 0.3) is 0 Å². The van der Waals surface area contributed by atoms with Crippen molar-refractivity contribution in [3.05, 3.63) is 52.8 Å². The Morgan fingerprint density at radius 3 is 2.56 bits per heavy atom. The van der Waals surface area contributed by atoms with Crippen molar-refractivity contribution in [3.63, 3.8) is 0 Å². The van der Waals surface area contributed by atoms with Crippen LogP contribution in [0.25, 0.3) is 11.1 Å². The molecule has 0 aliphatic heterocycles. The second-order valence-corrected chi connectivity index (χ2v) is 4.11. The van der Waals surface area contributed by atoms with Crippen LogP contribution in [0.3, 0.4) is 0 Å². The highest BCUT2D eigenvalue weighted by Gasteiger charge is 2.02. The molecule has 0 fully saturated rings. The number of aryl methyl sites for hydroxylation is 1. The maximum Gasteiger partial charge on any atom is 0.0451 e. The normalized spacial score (nSPS) is 10.4. The summed E-state index contributed by atoms with van der Waals surface area (Å²) < 4.78 is 0. The Balaban J connectivity index is 2.44. The van der Waals surface area contributed by atoms with Crippen molar-refractivity contribution in [2.24, 2.45) is 5.73 Å². The number of nitrogens with zero attached hydrogens (tertiary/aromatic N) is 1. The van der Waals surface area contributed by atoms with E-state index in [0.29, 0.717) is 11.6 Å². The summed E-state index contributed by atoms with van der Waals surface area (Å²) in [5, 5.41) is 0.714. The monoisotopic (exact) mass is 232 g/mol. The first kappa shape index (κ1) is 11.1. The van der Waals surface area contributed by atoms with Gasteiger partial charge in [0.2, 0.25) is 0 Å². The van der Waals surface area contributed by atoms with Crippen LogP contribution in [0.5, 0.6) is 0 Å². The molecule has 16 heavy (non-hydrogen) atoms. The summed E-state index contributed by atoms with van der Waals surface area (Å²) in [5.41, 5.74) is 9.77. The van der Waals surface area contributed by atoms with Gasteiger partial charge in [0.1, 0.15) is 0 Å². The largest absolute Gasteiger partial charge is 0.326 e. The Morgan fingerprint density at radius 1 is 1.19 bits per heavy atom. The van der Waals surface area contributed by atoms with Gasteiger partial charge in [0.15, 0.2) is 0 Å². The van der Waals surface area contributed by atoms with Gasteiger partial charge in [-0.1, -0.05) is 23.7 Å². The molecule has 0 spiro atoms. The number of rotatable bonds is 2. The first-order chi connectivity index (χ1) is 7.70. The topological polar surface area (TPSA) is 38.9 Å². The number of aromatic nitrogens is 1. The lowest BCUT2D eigenvalue weighted by Crippen LogP contribution is -1.97. The molecule has 0 saturated heterocycles. The molecule has 2 aromatic rings. The molecule has 1 heterocycles. The zero-order chi connectivity index (χ0) is 11.5. The van der Waals surface area contributed by atoms with Crippen LogP contribution in [-0.2, 0) is 6.54 Å². The molecule has 1 aromatic carbocycles. The molecule has 0 bridgehead atoms. The first-order valence-corrected chi connectivity index (χ1v) is 5.50. The maximum atomic E-state index is 6.01. The maximum absolute atomic E-state index is 6.01. The molecule has 0 aliphatic rings. The zero-order valence-electron chi connectivity index (χ0n) is 9.07. The summed E-state index contributed by atoms with van der Waals surface area (Å²) in [6.45, 7) is 2.42. The van der Waals surface area contributed by atoms with Crippen LogP contribution in [0.15, 0.2) is 36.5 Å². The summed E-state index contributed by atoms with van der Waals surface area (Å²) in [4.78, 5) is 4.27. The van der Waals surface area contributed by atoms with Crippen LogP contribution in [0.4, 0.5) is 0 Å². The molecule has 3 heteroatoms. The Kier molecular flexibility index (Phi) is 3.22. The van der Waals surface area contributed by atoms with Crippen molar-refractivity contribution in [1.82, 2.24) is 4.98 Å². The molecule has 1 aromatic heterocycles. The van der Waals surface area contributed by atoms with Crippen molar-refractivity contribution in [3.8, 4) is 11.1 Å². The van der Waals surface area contributed by atoms with Gasteiger partial charge in [-0.3, -0.25) is 4.98 Å². The lowest BCUT2D eigenvalue weighted by molar-refractivity contribution is 1.07. The highest BCUT2D eigenvalue weighted by atomic mass is 35.5. The number of nitrogens with two attached hydrogens (primary N) is 1. The van der Waals surface area contributed by atoms with E-state index in [-0.39, 0.29) is 0 Å². The van der Waals surface area contributed by atoms with Crippen molar-refractivity contribution < 1.29 is 0 Å². The van der Waals surface area contributed by atoms with Crippen molar-refractivity contribution >= 4 is 11.6 Å². The summed E-state index contributed by atoms with van der Waals surface area (Å²) in [5.74, 6) is 0. The molecule has 0 amide bonds. The fourth-order valence-electron chi connectivity index (χ4n) is 1.55. The molecule has 0 aliphatic carbocycles. The Morgan fingerprint density at radius 2 is 1.94 bits per heavy atom. The van der Waals surface area contributed by atoms with E-state index in [0.717, 1.165) is 22.4 Å². The number of benzene rings is 1. The van der Waals surface area contributed by atoms with Gasteiger partial charge >= 0.3 is 0 Å². The molecule has 82 valence electrons. The van der Waals surface area contributed by atoms with Crippen molar-refractivity contribution in [2.75, 3.05) is 0 Å². The van der Waals surface area contributed by atoms with E-state index >= 15 is 0 Å². The molecule has 0 atom stereocenters. The SMILES string of the molecule is Cc1ccc(-c2ccc(Cl)c(CN)c2)cn1. The lowest BCUT2D eigenvalue weighted by atomic mass is 10.0. The van der Waals surface area contributed by atoms with Gasteiger partial charge in [-0.15, -0.1) is 0 Å². The quantitative estimate of drug-likeness (QED) is 0.864. The Bertz CT molecular complexity index is 492. The number of halogens is 1. The molecule has 0 saturated carbocycles. The van der Waals surface area contributed by atoms with Crippen LogP contribution in [0.2, 0.25) is 5.02 Å². The molecule has 0 radical (unpaired) electrons. The van der Waals surface area contributed by atoms with Crippen LogP contribution in [0, 0.1) is 6.92 Å². The van der Waals surface area contributed by atoms with Crippen LogP contribution < -0.4 is 5.73 Å². The summed E-state index contributed by atoms with van der Waals surface area (Å²) in [7, 11) is 0. The summed E-state index contributed by atoms with van der Waals surface area (Å²) in [6, 6.07) is 9.90. The summed E-state index contributed by atoms with van der Waals surface area (Å²) >= 11 is 6.01. The minimum absolute atomic E-state index is 0.450. The van der Waals surface area contributed by atoms with Crippen LogP contribution in [0.1, 0.15) is 11.3 Å². The van der Waals surface area contributed by atoms with Crippen LogP contribution >= 0.6 is 11.6 Å². The predicted molar refractivity (Wildman–Crippen MR) is 67.3 cm³/mol. The number of pyridine rings is 1. The average molecular weight is 233 g/mol. The van der Waals surface area contributed by atoms with Gasteiger partial charge < -0.3 is 5.73 Å². The fraction of sp³-hybridized carbons (Fsp3) is 0.154. The molecular formula is C13H13ClN2. The third kappa shape index (κ3) is 2.23. The lowest BCUT2D eigenvalue weighted by Gasteiger charge is -2.06. The number of hydrogen-bond acceptors (Lipinski definition) is 2. The number of hydrogen-bond donors (Lipinski definition) is 1.